The molecule has 1 aliphatic heterocycles. The van der Waals surface area contributed by atoms with Crippen LogP contribution in [-0.4, -0.2) is 37.0 Å². The Bertz CT molecular complexity index is 164. The van der Waals surface area contributed by atoms with E-state index in [1.165, 1.54) is 0 Å². The molecule has 0 aromatic heterocycles. The molecule has 1 saturated heterocycles. The number of amides is 1. The van der Waals surface area contributed by atoms with Crippen molar-refractivity contribution in [1.29, 1.82) is 0 Å². The Balaban J connectivity index is 2.28. The standard InChI is InChI=1S/C10H20N2O/c1-3-4-8-12(2)10(13)9-6-5-7-11-9/h9,11H,3-8H2,1-2H3/t9-/m0/s1. The third kappa shape index (κ3) is 2.99. The summed E-state index contributed by atoms with van der Waals surface area (Å²) in [6.45, 7) is 4.04. The Labute approximate surface area is 80.5 Å². The molecule has 0 radical (unpaired) electrons. The first-order valence-electron chi connectivity index (χ1n) is 5.24. The molecule has 0 aromatic carbocycles. The van der Waals surface area contributed by atoms with Crippen molar-refractivity contribution in [2.75, 3.05) is 20.1 Å². The predicted octanol–water partition coefficient (Wildman–Crippen LogP) is 0.997. The second-order valence-electron chi connectivity index (χ2n) is 3.76. The topological polar surface area (TPSA) is 32.3 Å². The van der Waals surface area contributed by atoms with E-state index < -0.39 is 0 Å². The maximum atomic E-state index is 11.7. The Morgan fingerprint density at radius 3 is 2.92 bits per heavy atom. The first kappa shape index (κ1) is 10.5. The van der Waals surface area contributed by atoms with Gasteiger partial charge in [0.15, 0.2) is 0 Å². The van der Waals surface area contributed by atoms with Gasteiger partial charge >= 0.3 is 0 Å². The first-order chi connectivity index (χ1) is 6.25. The largest absolute Gasteiger partial charge is 0.344 e. The number of hydrogen-bond donors (Lipinski definition) is 1. The second kappa shape index (κ2) is 5.22. The SMILES string of the molecule is CCCCN(C)C(=O)[C@@H]1CCCN1. The summed E-state index contributed by atoms with van der Waals surface area (Å²) in [5.74, 6) is 0.269. The van der Waals surface area contributed by atoms with Gasteiger partial charge in [-0.05, 0) is 25.8 Å². The summed E-state index contributed by atoms with van der Waals surface area (Å²) in [6, 6.07) is 0.0989. The van der Waals surface area contributed by atoms with Crippen LogP contribution in [0.1, 0.15) is 32.6 Å². The van der Waals surface area contributed by atoms with Gasteiger partial charge in [0.1, 0.15) is 0 Å². The molecule has 3 nitrogen and oxygen atoms in total. The number of carbonyl (C=O) groups is 1. The summed E-state index contributed by atoms with van der Waals surface area (Å²) in [6.07, 6.45) is 4.40. The van der Waals surface area contributed by atoms with Crippen molar-refractivity contribution >= 4 is 5.91 Å². The highest BCUT2D eigenvalue weighted by molar-refractivity contribution is 5.81. The second-order valence-corrected chi connectivity index (χ2v) is 3.76. The van der Waals surface area contributed by atoms with Gasteiger partial charge in [0, 0.05) is 13.6 Å². The zero-order chi connectivity index (χ0) is 9.68. The van der Waals surface area contributed by atoms with E-state index in [2.05, 4.69) is 12.2 Å². The maximum absolute atomic E-state index is 11.7. The van der Waals surface area contributed by atoms with Gasteiger partial charge in [0.05, 0.1) is 6.04 Å². The van der Waals surface area contributed by atoms with Crippen LogP contribution in [0.15, 0.2) is 0 Å². The van der Waals surface area contributed by atoms with Crippen molar-refractivity contribution in [1.82, 2.24) is 10.2 Å². The summed E-state index contributed by atoms with van der Waals surface area (Å²) < 4.78 is 0. The van der Waals surface area contributed by atoms with Crippen molar-refractivity contribution < 1.29 is 4.79 Å². The van der Waals surface area contributed by atoms with Gasteiger partial charge in [0.25, 0.3) is 0 Å². The molecule has 1 amide bonds. The fourth-order valence-electron chi connectivity index (χ4n) is 1.67. The zero-order valence-electron chi connectivity index (χ0n) is 8.68. The van der Waals surface area contributed by atoms with Crippen molar-refractivity contribution in [2.24, 2.45) is 0 Å². The molecule has 0 bridgehead atoms. The molecule has 3 heteroatoms. The zero-order valence-corrected chi connectivity index (χ0v) is 8.68. The lowest BCUT2D eigenvalue weighted by atomic mass is 10.2. The van der Waals surface area contributed by atoms with Gasteiger partial charge < -0.3 is 10.2 Å². The van der Waals surface area contributed by atoms with Gasteiger partial charge in [-0.25, -0.2) is 0 Å². The van der Waals surface area contributed by atoms with E-state index >= 15 is 0 Å². The number of nitrogens with zero attached hydrogens (tertiary/aromatic N) is 1. The first-order valence-corrected chi connectivity index (χ1v) is 5.24. The molecule has 76 valence electrons. The van der Waals surface area contributed by atoms with Crippen molar-refractivity contribution in [2.45, 2.75) is 38.6 Å². The highest BCUT2D eigenvalue weighted by atomic mass is 16.2. The van der Waals surface area contributed by atoms with Crippen LogP contribution in [0, 0.1) is 0 Å². The molecular formula is C10H20N2O. The highest BCUT2D eigenvalue weighted by Gasteiger charge is 2.24. The van der Waals surface area contributed by atoms with Gasteiger partial charge in [-0.15, -0.1) is 0 Å². The minimum Gasteiger partial charge on any atom is -0.344 e. The maximum Gasteiger partial charge on any atom is 0.239 e. The molecule has 0 aromatic rings. The van der Waals surface area contributed by atoms with Gasteiger partial charge in [-0.3, -0.25) is 4.79 Å². The fourth-order valence-corrected chi connectivity index (χ4v) is 1.67. The Morgan fingerprint density at radius 2 is 2.38 bits per heavy atom. The van der Waals surface area contributed by atoms with Crippen LogP contribution in [0.4, 0.5) is 0 Å². The molecule has 0 unspecified atom stereocenters. The van der Waals surface area contributed by atoms with E-state index in [1.807, 2.05) is 11.9 Å². The smallest absolute Gasteiger partial charge is 0.239 e. The fraction of sp³-hybridized carbons (Fsp3) is 0.900. The molecule has 1 heterocycles. The number of carbonyl (C=O) groups excluding carboxylic acids is 1. The summed E-state index contributed by atoms with van der Waals surface area (Å²) in [5.41, 5.74) is 0. The average Bonchev–Trinajstić information content (AvgIpc) is 2.65. The lowest BCUT2D eigenvalue weighted by Crippen LogP contribution is -2.41. The molecule has 1 rings (SSSR count). The third-order valence-electron chi connectivity index (χ3n) is 2.58. The van der Waals surface area contributed by atoms with Gasteiger partial charge in [-0.2, -0.15) is 0 Å². The molecule has 1 aliphatic rings. The molecule has 0 saturated carbocycles. The van der Waals surface area contributed by atoms with E-state index in [-0.39, 0.29) is 11.9 Å². The van der Waals surface area contributed by atoms with E-state index in [0.717, 1.165) is 38.8 Å². The summed E-state index contributed by atoms with van der Waals surface area (Å²) in [5, 5.41) is 3.22. The lowest BCUT2D eigenvalue weighted by Gasteiger charge is -2.20. The van der Waals surface area contributed by atoms with E-state index in [1.54, 1.807) is 0 Å². The molecule has 0 aliphatic carbocycles. The number of unbranched alkanes of at least 4 members (excludes halogenated alkanes) is 1. The van der Waals surface area contributed by atoms with E-state index in [0.29, 0.717) is 0 Å². The molecule has 1 N–H and O–H groups in total. The average molecular weight is 184 g/mol. The van der Waals surface area contributed by atoms with Crippen molar-refractivity contribution in [3.63, 3.8) is 0 Å². The normalized spacial score (nSPS) is 21.8. The molecular weight excluding hydrogens is 164 g/mol. The van der Waals surface area contributed by atoms with Gasteiger partial charge in [-0.1, -0.05) is 13.3 Å². The van der Waals surface area contributed by atoms with Crippen molar-refractivity contribution in [3.8, 4) is 0 Å². The Kier molecular flexibility index (Phi) is 4.22. The summed E-state index contributed by atoms with van der Waals surface area (Å²) >= 11 is 0. The molecule has 13 heavy (non-hydrogen) atoms. The van der Waals surface area contributed by atoms with Crippen LogP contribution < -0.4 is 5.32 Å². The van der Waals surface area contributed by atoms with Crippen molar-refractivity contribution in [3.05, 3.63) is 0 Å². The Hall–Kier alpha value is -0.570. The minimum atomic E-state index is 0.0989. The number of likely N-dealkylation sites (N-methyl/N-ethyl adjacent to an activating group) is 1. The number of rotatable bonds is 4. The quantitative estimate of drug-likeness (QED) is 0.707. The van der Waals surface area contributed by atoms with Crippen LogP contribution in [0.2, 0.25) is 0 Å². The molecule has 0 spiro atoms. The number of hydrogen-bond acceptors (Lipinski definition) is 2. The molecule has 1 fully saturated rings. The van der Waals surface area contributed by atoms with Crippen LogP contribution in [-0.2, 0) is 4.79 Å². The van der Waals surface area contributed by atoms with Crippen LogP contribution in [0.3, 0.4) is 0 Å². The van der Waals surface area contributed by atoms with Crippen LogP contribution in [0.5, 0.6) is 0 Å². The van der Waals surface area contributed by atoms with Crippen LogP contribution in [0.25, 0.3) is 0 Å². The Morgan fingerprint density at radius 1 is 1.62 bits per heavy atom. The highest BCUT2D eigenvalue weighted by Crippen LogP contribution is 2.07. The van der Waals surface area contributed by atoms with Crippen LogP contribution >= 0.6 is 0 Å². The predicted molar refractivity (Wildman–Crippen MR) is 53.6 cm³/mol. The summed E-state index contributed by atoms with van der Waals surface area (Å²) in [4.78, 5) is 13.6. The summed E-state index contributed by atoms with van der Waals surface area (Å²) in [7, 11) is 1.90. The third-order valence-corrected chi connectivity index (χ3v) is 2.58. The minimum absolute atomic E-state index is 0.0989. The van der Waals surface area contributed by atoms with E-state index in [9.17, 15) is 4.79 Å². The van der Waals surface area contributed by atoms with Gasteiger partial charge in [0.2, 0.25) is 5.91 Å². The lowest BCUT2D eigenvalue weighted by molar-refractivity contribution is -0.131. The number of nitrogens with one attached hydrogen (secondary N) is 1. The monoisotopic (exact) mass is 184 g/mol. The van der Waals surface area contributed by atoms with E-state index in [4.69, 9.17) is 0 Å². The molecule has 1 atom stereocenters.